The predicted molar refractivity (Wildman–Crippen MR) is 82.4 cm³/mol. The molecule has 1 aliphatic rings. The van der Waals surface area contributed by atoms with Crippen molar-refractivity contribution in [2.24, 2.45) is 5.92 Å². The van der Waals surface area contributed by atoms with Gasteiger partial charge in [-0.2, -0.15) is 0 Å². The molecule has 0 bridgehead atoms. The van der Waals surface area contributed by atoms with Gasteiger partial charge in [0.15, 0.2) is 5.78 Å². The SMILES string of the molecule is Cc1nc(-c2ccccc2)c(C(=O)NCC(=O)C2CC2)s1. The van der Waals surface area contributed by atoms with Gasteiger partial charge in [0.25, 0.3) is 5.91 Å². The van der Waals surface area contributed by atoms with Crippen LogP contribution in [0.4, 0.5) is 0 Å². The van der Waals surface area contributed by atoms with Gasteiger partial charge < -0.3 is 5.32 Å². The van der Waals surface area contributed by atoms with Crippen molar-refractivity contribution in [3.63, 3.8) is 0 Å². The Bertz CT molecular complexity index is 675. The average Bonchev–Trinajstić information content (AvgIpc) is 3.28. The largest absolute Gasteiger partial charge is 0.344 e. The molecule has 21 heavy (non-hydrogen) atoms. The van der Waals surface area contributed by atoms with Crippen LogP contribution in [0.2, 0.25) is 0 Å². The van der Waals surface area contributed by atoms with Crippen LogP contribution in [0.5, 0.6) is 0 Å². The first-order valence-corrected chi connectivity index (χ1v) is 7.80. The van der Waals surface area contributed by atoms with Crippen molar-refractivity contribution in [3.8, 4) is 11.3 Å². The summed E-state index contributed by atoms with van der Waals surface area (Å²) in [6.07, 6.45) is 1.92. The van der Waals surface area contributed by atoms with Gasteiger partial charge >= 0.3 is 0 Å². The molecule has 0 spiro atoms. The molecule has 1 N–H and O–H groups in total. The van der Waals surface area contributed by atoms with E-state index in [9.17, 15) is 9.59 Å². The number of aromatic nitrogens is 1. The van der Waals surface area contributed by atoms with Crippen LogP contribution in [0.15, 0.2) is 30.3 Å². The van der Waals surface area contributed by atoms with E-state index in [2.05, 4.69) is 10.3 Å². The summed E-state index contributed by atoms with van der Waals surface area (Å²) in [4.78, 5) is 29.0. The Morgan fingerprint density at radius 1 is 1.29 bits per heavy atom. The van der Waals surface area contributed by atoms with Gasteiger partial charge in [0.1, 0.15) is 4.88 Å². The molecule has 2 aromatic rings. The molecule has 1 aromatic heterocycles. The standard InChI is InChI=1S/C16H16N2O2S/c1-10-18-14(12-5-3-2-4-6-12)15(21-10)16(20)17-9-13(19)11-7-8-11/h2-6,11H,7-9H2,1H3,(H,17,20). The van der Waals surface area contributed by atoms with Crippen molar-refractivity contribution in [1.82, 2.24) is 10.3 Å². The summed E-state index contributed by atoms with van der Waals surface area (Å²) in [7, 11) is 0. The Hall–Kier alpha value is -2.01. The van der Waals surface area contributed by atoms with E-state index in [4.69, 9.17) is 0 Å². The lowest BCUT2D eigenvalue weighted by molar-refractivity contribution is -0.119. The van der Waals surface area contributed by atoms with E-state index >= 15 is 0 Å². The van der Waals surface area contributed by atoms with Gasteiger partial charge in [0.05, 0.1) is 17.2 Å². The van der Waals surface area contributed by atoms with E-state index in [1.807, 2.05) is 37.3 Å². The first-order valence-electron chi connectivity index (χ1n) is 6.99. The van der Waals surface area contributed by atoms with Gasteiger partial charge in [-0.05, 0) is 19.8 Å². The Morgan fingerprint density at radius 3 is 2.67 bits per heavy atom. The molecule has 1 amide bonds. The number of ketones is 1. The fourth-order valence-corrected chi connectivity index (χ4v) is 3.03. The van der Waals surface area contributed by atoms with Crippen LogP contribution in [0.1, 0.15) is 27.5 Å². The second-order valence-corrected chi connectivity index (χ2v) is 6.40. The maximum absolute atomic E-state index is 12.3. The highest BCUT2D eigenvalue weighted by atomic mass is 32.1. The Morgan fingerprint density at radius 2 is 2.00 bits per heavy atom. The molecule has 0 atom stereocenters. The van der Waals surface area contributed by atoms with E-state index in [1.54, 1.807) is 0 Å². The van der Waals surface area contributed by atoms with E-state index in [0.717, 1.165) is 23.4 Å². The molecule has 0 radical (unpaired) electrons. The average molecular weight is 300 g/mol. The molecule has 5 heteroatoms. The lowest BCUT2D eigenvalue weighted by Gasteiger charge is -2.04. The Labute approximate surface area is 127 Å². The van der Waals surface area contributed by atoms with Crippen LogP contribution < -0.4 is 5.32 Å². The van der Waals surface area contributed by atoms with E-state index < -0.39 is 0 Å². The molecule has 4 nitrogen and oxygen atoms in total. The van der Waals surface area contributed by atoms with Crippen molar-refractivity contribution in [2.45, 2.75) is 19.8 Å². The maximum atomic E-state index is 12.3. The summed E-state index contributed by atoms with van der Waals surface area (Å²) in [6.45, 7) is 2.00. The quantitative estimate of drug-likeness (QED) is 0.923. The number of rotatable bonds is 5. The highest BCUT2D eigenvalue weighted by Crippen LogP contribution is 2.30. The number of thiazole rings is 1. The van der Waals surface area contributed by atoms with Crippen molar-refractivity contribution in [1.29, 1.82) is 0 Å². The molecular formula is C16H16N2O2S. The topological polar surface area (TPSA) is 59.1 Å². The first-order chi connectivity index (χ1) is 10.1. The minimum absolute atomic E-state index is 0.120. The zero-order chi connectivity index (χ0) is 14.8. The number of carbonyl (C=O) groups is 2. The number of carbonyl (C=O) groups excluding carboxylic acids is 2. The minimum atomic E-state index is -0.214. The minimum Gasteiger partial charge on any atom is -0.344 e. The third-order valence-electron chi connectivity index (χ3n) is 3.44. The summed E-state index contributed by atoms with van der Waals surface area (Å²) < 4.78 is 0. The molecule has 1 fully saturated rings. The smallest absolute Gasteiger partial charge is 0.264 e. The van der Waals surface area contributed by atoms with Crippen LogP contribution >= 0.6 is 11.3 Å². The molecule has 1 aromatic carbocycles. The van der Waals surface area contributed by atoms with Crippen LogP contribution in [0, 0.1) is 12.8 Å². The summed E-state index contributed by atoms with van der Waals surface area (Å²) in [5, 5.41) is 3.57. The third-order valence-corrected chi connectivity index (χ3v) is 4.41. The van der Waals surface area contributed by atoms with Crippen LogP contribution in [0.25, 0.3) is 11.3 Å². The molecule has 0 unspecified atom stereocenters. The van der Waals surface area contributed by atoms with E-state index in [1.165, 1.54) is 11.3 Å². The summed E-state index contributed by atoms with van der Waals surface area (Å²) in [5.41, 5.74) is 1.61. The lowest BCUT2D eigenvalue weighted by Crippen LogP contribution is -2.30. The molecule has 1 heterocycles. The van der Waals surface area contributed by atoms with Gasteiger partial charge in [-0.25, -0.2) is 4.98 Å². The molecular weight excluding hydrogens is 284 g/mol. The number of amides is 1. The van der Waals surface area contributed by atoms with Gasteiger partial charge in [0.2, 0.25) is 0 Å². The molecule has 3 rings (SSSR count). The Kier molecular flexibility index (Phi) is 3.84. The number of nitrogens with one attached hydrogen (secondary N) is 1. The predicted octanol–water partition coefficient (Wildman–Crippen LogP) is 2.83. The molecule has 1 saturated carbocycles. The lowest BCUT2D eigenvalue weighted by atomic mass is 10.1. The van der Waals surface area contributed by atoms with E-state index in [-0.39, 0.29) is 24.2 Å². The molecule has 0 saturated heterocycles. The number of benzene rings is 1. The van der Waals surface area contributed by atoms with Crippen LogP contribution in [0.3, 0.4) is 0 Å². The highest BCUT2D eigenvalue weighted by molar-refractivity contribution is 7.14. The van der Waals surface area contributed by atoms with Crippen molar-refractivity contribution >= 4 is 23.0 Å². The zero-order valence-electron chi connectivity index (χ0n) is 11.8. The van der Waals surface area contributed by atoms with Gasteiger partial charge in [-0.1, -0.05) is 30.3 Å². The molecule has 0 aliphatic heterocycles. The van der Waals surface area contributed by atoms with Crippen molar-refractivity contribution in [2.75, 3.05) is 6.54 Å². The fraction of sp³-hybridized carbons (Fsp3) is 0.312. The first kappa shape index (κ1) is 13.9. The second-order valence-electron chi connectivity index (χ2n) is 5.20. The fourth-order valence-electron chi connectivity index (χ4n) is 2.17. The van der Waals surface area contributed by atoms with Crippen LogP contribution in [-0.2, 0) is 4.79 Å². The highest BCUT2D eigenvalue weighted by Gasteiger charge is 2.29. The normalized spacial score (nSPS) is 14.0. The summed E-state index contributed by atoms with van der Waals surface area (Å²) in [5.74, 6) is 0.0846. The monoisotopic (exact) mass is 300 g/mol. The van der Waals surface area contributed by atoms with Gasteiger partial charge in [-0.15, -0.1) is 11.3 Å². The van der Waals surface area contributed by atoms with E-state index in [0.29, 0.717) is 10.6 Å². The van der Waals surface area contributed by atoms with Gasteiger partial charge in [-0.3, -0.25) is 9.59 Å². The van der Waals surface area contributed by atoms with Crippen molar-refractivity contribution in [3.05, 3.63) is 40.2 Å². The molecule has 108 valence electrons. The van der Waals surface area contributed by atoms with Crippen molar-refractivity contribution < 1.29 is 9.59 Å². The maximum Gasteiger partial charge on any atom is 0.264 e. The number of Topliss-reactive ketones (excluding diaryl/α,β-unsaturated/α-hetero) is 1. The molecule has 1 aliphatic carbocycles. The summed E-state index contributed by atoms with van der Waals surface area (Å²) >= 11 is 1.36. The van der Waals surface area contributed by atoms with Gasteiger partial charge in [0, 0.05) is 11.5 Å². The Balaban J connectivity index is 1.78. The number of aryl methyl sites for hydroxylation is 1. The number of hydrogen-bond donors (Lipinski definition) is 1. The summed E-state index contributed by atoms with van der Waals surface area (Å²) in [6, 6.07) is 9.63. The van der Waals surface area contributed by atoms with Crippen LogP contribution in [-0.4, -0.2) is 23.2 Å². The third kappa shape index (κ3) is 3.19. The number of nitrogens with zero attached hydrogens (tertiary/aromatic N) is 1. The zero-order valence-corrected chi connectivity index (χ0v) is 12.6. The second kappa shape index (κ2) is 5.77. The number of hydrogen-bond acceptors (Lipinski definition) is 4.